The van der Waals surface area contributed by atoms with Crippen molar-refractivity contribution in [1.82, 2.24) is 14.9 Å². The first kappa shape index (κ1) is 21.8. The van der Waals surface area contributed by atoms with Crippen molar-refractivity contribution in [2.75, 3.05) is 25.0 Å². The molecule has 34 heavy (non-hydrogen) atoms. The van der Waals surface area contributed by atoms with Crippen molar-refractivity contribution < 1.29 is 14.3 Å². The molecule has 0 radical (unpaired) electrons. The molecule has 0 fully saturated rings. The highest BCUT2D eigenvalue weighted by atomic mass is 32.2. The van der Waals surface area contributed by atoms with Crippen molar-refractivity contribution in [3.8, 4) is 22.9 Å². The van der Waals surface area contributed by atoms with Gasteiger partial charge in [-0.2, -0.15) is 0 Å². The Morgan fingerprint density at radius 3 is 2.41 bits per heavy atom. The first-order valence-corrected chi connectivity index (χ1v) is 11.6. The van der Waals surface area contributed by atoms with E-state index in [1.54, 1.807) is 14.2 Å². The highest BCUT2D eigenvalue weighted by Crippen LogP contribution is 2.39. The molecule has 0 bridgehead atoms. The van der Waals surface area contributed by atoms with Gasteiger partial charge in [0.2, 0.25) is 11.1 Å². The van der Waals surface area contributed by atoms with Crippen LogP contribution in [0.25, 0.3) is 11.4 Å². The third kappa shape index (κ3) is 4.17. The Balaban J connectivity index is 1.51. The third-order valence-electron chi connectivity index (χ3n) is 5.57. The summed E-state index contributed by atoms with van der Waals surface area (Å²) in [4.78, 5) is 13.5. The first-order chi connectivity index (χ1) is 16.7. The number of fused-ring (bicyclic) bond motifs is 1. The van der Waals surface area contributed by atoms with Gasteiger partial charge in [0.05, 0.1) is 25.9 Å². The Labute approximate surface area is 201 Å². The number of hydrogen-bond donors (Lipinski definition) is 2. The summed E-state index contributed by atoms with van der Waals surface area (Å²) in [5.41, 5.74) is 5.96. The van der Waals surface area contributed by atoms with Crippen LogP contribution in [0, 0.1) is 0 Å². The summed E-state index contributed by atoms with van der Waals surface area (Å²) in [6, 6.07) is 24.5. The maximum atomic E-state index is 13.5. The highest BCUT2D eigenvalue weighted by Gasteiger charge is 2.38. The summed E-state index contributed by atoms with van der Waals surface area (Å²) in [6.45, 7) is 0. The Morgan fingerprint density at radius 1 is 0.941 bits per heavy atom. The standard InChI is InChI=1S/C25H23N5O3S/c1-32-18-14-12-16(13-15-18)21-22(24(31)26-19-10-6-7-11-20(19)33-2)34-25-28-27-23(30(25)29-21)17-8-4-3-5-9-17/h3-15,21-22,29H,1-2H3,(H,26,31)/t21-,22-/m1/s1. The molecule has 2 N–H and O–H groups in total. The largest absolute Gasteiger partial charge is 0.497 e. The zero-order chi connectivity index (χ0) is 23.5. The maximum absolute atomic E-state index is 13.5. The molecule has 5 rings (SSSR count). The molecule has 0 unspecified atom stereocenters. The number of aromatic nitrogens is 3. The zero-order valence-corrected chi connectivity index (χ0v) is 19.5. The number of para-hydroxylation sites is 2. The molecule has 1 amide bonds. The van der Waals surface area contributed by atoms with E-state index < -0.39 is 5.25 Å². The fraction of sp³-hybridized carbons (Fsp3) is 0.160. The minimum Gasteiger partial charge on any atom is -0.497 e. The van der Waals surface area contributed by atoms with Gasteiger partial charge in [-0.1, -0.05) is 66.4 Å². The van der Waals surface area contributed by atoms with E-state index in [9.17, 15) is 4.79 Å². The Morgan fingerprint density at radius 2 is 1.68 bits per heavy atom. The van der Waals surface area contributed by atoms with Crippen LogP contribution >= 0.6 is 11.8 Å². The summed E-state index contributed by atoms with van der Waals surface area (Å²) in [5, 5.41) is 11.9. The minimum atomic E-state index is -0.515. The van der Waals surface area contributed by atoms with Crippen molar-refractivity contribution >= 4 is 23.4 Å². The summed E-state index contributed by atoms with van der Waals surface area (Å²) < 4.78 is 12.6. The number of nitrogens with zero attached hydrogens (tertiary/aromatic N) is 3. The number of benzene rings is 3. The normalized spacial score (nSPS) is 16.8. The average Bonchev–Trinajstić information content (AvgIpc) is 3.32. The van der Waals surface area contributed by atoms with Gasteiger partial charge < -0.3 is 20.2 Å². The molecule has 2 heterocycles. The van der Waals surface area contributed by atoms with Gasteiger partial charge in [-0.15, -0.1) is 10.2 Å². The number of amides is 1. The van der Waals surface area contributed by atoms with Gasteiger partial charge in [-0.3, -0.25) is 4.79 Å². The molecule has 0 saturated carbocycles. The summed E-state index contributed by atoms with van der Waals surface area (Å²) in [7, 11) is 3.21. The third-order valence-corrected chi connectivity index (χ3v) is 6.78. The van der Waals surface area contributed by atoms with Gasteiger partial charge in [0.25, 0.3) is 0 Å². The number of methoxy groups -OCH3 is 2. The van der Waals surface area contributed by atoms with Crippen LogP contribution < -0.4 is 20.2 Å². The first-order valence-electron chi connectivity index (χ1n) is 10.7. The molecule has 1 aliphatic heterocycles. The van der Waals surface area contributed by atoms with Crippen LogP contribution in [0.2, 0.25) is 0 Å². The van der Waals surface area contributed by atoms with Crippen LogP contribution in [0.1, 0.15) is 11.6 Å². The van der Waals surface area contributed by atoms with Crippen LogP contribution in [-0.4, -0.2) is 40.3 Å². The van der Waals surface area contributed by atoms with Crippen LogP contribution in [-0.2, 0) is 4.79 Å². The lowest BCUT2D eigenvalue weighted by molar-refractivity contribution is -0.116. The Bertz CT molecular complexity index is 1290. The second kappa shape index (κ2) is 9.48. The maximum Gasteiger partial charge on any atom is 0.240 e. The number of carbonyl (C=O) groups is 1. The smallest absolute Gasteiger partial charge is 0.240 e. The number of ether oxygens (including phenoxy) is 2. The lowest BCUT2D eigenvalue weighted by Crippen LogP contribution is -2.41. The van der Waals surface area contributed by atoms with Gasteiger partial charge >= 0.3 is 0 Å². The second-order valence-electron chi connectivity index (χ2n) is 7.62. The van der Waals surface area contributed by atoms with Gasteiger partial charge in [-0.05, 0) is 29.8 Å². The summed E-state index contributed by atoms with van der Waals surface area (Å²) in [5.74, 6) is 1.86. The predicted molar refractivity (Wildman–Crippen MR) is 132 cm³/mol. The molecular weight excluding hydrogens is 450 g/mol. The molecule has 4 aromatic rings. The molecule has 172 valence electrons. The Hall–Kier alpha value is -3.98. The molecule has 9 heteroatoms. The number of anilines is 1. The molecule has 8 nitrogen and oxygen atoms in total. The number of nitrogens with one attached hydrogen (secondary N) is 2. The van der Waals surface area contributed by atoms with E-state index in [0.717, 1.165) is 16.9 Å². The fourth-order valence-corrected chi connectivity index (χ4v) is 4.92. The molecular formula is C25H23N5O3S. The summed E-state index contributed by atoms with van der Waals surface area (Å²) in [6.07, 6.45) is 0. The van der Waals surface area contributed by atoms with Gasteiger partial charge in [0.1, 0.15) is 16.7 Å². The average molecular weight is 474 g/mol. The van der Waals surface area contributed by atoms with E-state index in [0.29, 0.717) is 22.4 Å². The Kier molecular flexibility index (Phi) is 6.09. The monoisotopic (exact) mass is 473 g/mol. The number of carbonyl (C=O) groups excluding carboxylic acids is 1. The van der Waals surface area contributed by atoms with E-state index in [-0.39, 0.29) is 11.9 Å². The number of rotatable bonds is 6. The van der Waals surface area contributed by atoms with E-state index in [4.69, 9.17) is 9.47 Å². The lowest BCUT2D eigenvalue weighted by Gasteiger charge is -2.33. The van der Waals surface area contributed by atoms with E-state index in [2.05, 4.69) is 20.9 Å². The topological polar surface area (TPSA) is 90.3 Å². The van der Waals surface area contributed by atoms with E-state index in [1.165, 1.54) is 11.8 Å². The van der Waals surface area contributed by atoms with Crippen LogP contribution in [0.3, 0.4) is 0 Å². The molecule has 0 saturated heterocycles. The van der Waals surface area contributed by atoms with Gasteiger partial charge in [0.15, 0.2) is 5.82 Å². The van der Waals surface area contributed by atoms with E-state index in [1.807, 2.05) is 83.5 Å². The summed E-state index contributed by atoms with van der Waals surface area (Å²) >= 11 is 1.37. The number of thioether (sulfide) groups is 1. The minimum absolute atomic E-state index is 0.168. The van der Waals surface area contributed by atoms with Crippen molar-refractivity contribution in [2.24, 2.45) is 0 Å². The molecule has 0 spiro atoms. The van der Waals surface area contributed by atoms with Crippen LogP contribution in [0.5, 0.6) is 11.5 Å². The van der Waals surface area contributed by atoms with E-state index >= 15 is 0 Å². The van der Waals surface area contributed by atoms with Gasteiger partial charge in [0, 0.05) is 5.56 Å². The van der Waals surface area contributed by atoms with Crippen LogP contribution in [0.15, 0.2) is 84.0 Å². The zero-order valence-electron chi connectivity index (χ0n) is 18.6. The molecule has 3 aromatic carbocycles. The molecule has 0 aliphatic carbocycles. The highest BCUT2D eigenvalue weighted by molar-refractivity contribution is 8.00. The van der Waals surface area contributed by atoms with Crippen molar-refractivity contribution in [1.29, 1.82) is 0 Å². The molecule has 1 aromatic heterocycles. The SMILES string of the molecule is COc1ccc([C@H]2Nn3c(nnc3-c3ccccc3)S[C@H]2C(=O)Nc2ccccc2OC)cc1. The molecule has 2 atom stereocenters. The van der Waals surface area contributed by atoms with Crippen molar-refractivity contribution in [3.05, 3.63) is 84.4 Å². The second-order valence-corrected chi connectivity index (χ2v) is 8.72. The molecule has 1 aliphatic rings. The van der Waals surface area contributed by atoms with Gasteiger partial charge in [-0.25, -0.2) is 4.68 Å². The predicted octanol–water partition coefficient (Wildman–Crippen LogP) is 4.36. The van der Waals surface area contributed by atoms with Crippen LogP contribution in [0.4, 0.5) is 5.69 Å². The quantitative estimate of drug-likeness (QED) is 0.430. The fourth-order valence-electron chi connectivity index (χ4n) is 3.84. The number of hydrogen-bond acceptors (Lipinski definition) is 7. The van der Waals surface area contributed by atoms with Crippen molar-refractivity contribution in [3.63, 3.8) is 0 Å². The lowest BCUT2D eigenvalue weighted by atomic mass is 10.0. The van der Waals surface area contributed by atoms with Crippen molar-refractivity contribution in [2.45, 2.75) is 16.4 Å².